The maximum absolute atomic E-state index is 12.7. The van der Waals surface area contributed by atoms with Crippen LogP contribution in [-0.4, -0.2) is 51.5 Å². The Balaban J connectivity index is 1.44. The van der Waals surface area contributed by atoms with Gasteiger partial charge in [-0.25, -0.2) is 14.6 Å². The second-order valence-electron chi connectivity index (χ2n) is 7.52. The van der Waals surface area contributed by atoms with Gasteiger partial charge in [-0.1, -0.05) is 42.3 Å². The van der Waals surface area contributed by atoms with Gasteiger partial charge in [0.05, 0.1) is 22.8 Å². The molecule has 0 saturated carbocycles. The zero-order valence-electron chi connectivity index (χ0n) is 17.9. The molecule has 0 bridgehead atoms. The Hall–Kier alpha value is -2.68. The van der Waals surface area contributed by atoms with Crippen LogP contribution in [0.1, 0.15) is 35.9 Å². The van der Waals surface area contributed by atoms with E-state index in [2.05, 4.69) is 32.2 Å². The number of morpholine rings is 1. The van der Waals surface area contributed by atoms with Crippen molar-refractivity contribution >= 4 is 34.9 Å². The van der Waals surface area contributed by atoms with Crippen LogP contribution in [0.4, 0.5) is 5.82 Å². The fraction of sp³-hybridized carbons (Fsp3) is 0.364. The molecule has 32 heavy (non-hydrogen) atoms. The summed E-state index contributed by atoms with van der Waals surface area (Å²) in [4.78, 5) is 23.8. The van der Waals surface area contributed by atoms with Gasteiger partial charge in [0.25, 0.3) is 5.91 Å². The molecule has 8 nitrogen and oxygen atoms in total. The zero-order valence-corrected chi connectivity index (χ0v) is 19.4. The molecule has 3 heterocycles. The molecule has 1 aromatic carbocycles. The Morgan fingerprint density at radius 1 is 1.25 bits per heavy atom. The van der Waals surface area contributed by atoms with E-state index in [0.717, 1.165) is 24.5 Å². The lowest BCUT2D eigenvalue weighted by Crippen LogP contribution is -2.41. The molecule has 168 valence electrons. The number of carbonyl (C=O) groups is 1. The fourth-order valence-corrected chi connectivity index (χ4v) is 4.09. The van der Waals surface area contributed by atoms with Gasteiger partial charge in [0.1, 0.15) is 17.3 Å². The van der Waals surface area contributed by atoms with E-state index in [1.807, 2.05) is 19.1 Å². The third kappa shape index (κ3) is 4.87. The standard InChI is InChI=1S/C22H24Cl2N6O2/c1-3-18-27-21(28-30(18)20-16(23)5-4-6-17(20)24)22(31)26-12-15-7-8-19(25-11-15)29-9-10-32-14(2)13-29/h4-8,11,14H,3,9-10,12-13H2,1-2H3,(H,26,31). The van der Waals surface area contributed by atoms with Gasteiger partial charge in [0.15, 0.2) is 0 Å². The molecule has 0 radical (unpaired) electrons. The molecule has 1 unspecified atom stereocenters. The summed E-state index contributed by atoms with van der Waals surface area (Å²) in [6.45, 7) is 6.61. The van der Waals surface area contributed by atoms with Crippen LogP contribution in [-0.2, 0) is 17.7 Å². The van der Waals surface area contributed by atoms with Gasteiger partial charge in [-0.05, 0) is 30.7 Å². The number of para-hydroxylation sites is 1. The summed E-state index contributed by atoms with van der Waals surface area (Å²) in [5.41, 5.74) is 1.39. The number of rotatable bonds is 6. The van der Waals surface area contributed by atoms with Gasteiger partial charge < -0.3 is 15.0 Å². The van der Waals surface area contributed by atoms with Crippen LogP contribution in [0, 0.1) is 0 Å². The molecule has 1 fully saturated rings. The van der Waals surface area contributed by atoms with Gasteiger partial charge in [-0.15, -0.1) is 5.10 Å². The second-order valence-corrected chi connectivity index (χ2v) is 8.34. The van der Waals surface area contributed by atoms with E-state index >= 15 is 0 Å². The number of amides is 1. The molecule has 1 aliphatic rings. The van der Waals surface area contributed by atoms with E-state index in [-0.39, 0.29) is 17.8 Å². The quantitative estimate of drug-likeness (QED) is 0.586. The minimum absolute atomic E-state index is 0.0599. The number of anilines is 1. The monoisotopic (exact) mass is 474 g/mol. The molecule has 1 amide bonds. The Kier molecular flexibility index (Phi) is 6.93. The number of hydrogen-bond acceptors (Lipinski definition) is 6. The first kappa shape index (κ1) is 22.5. The van der Waals surface area contributed by atoms with E-state index in [9.17, 15) is 4.79 Å². The molecule has 1 atom stereocenters. The highest BCUT2D eigenvalue weighted by atomic mass is 35.5. The molecule has 3 aromatic rings. The molecule has 0 aliphatic carbocycles. The first-order chi connectivity index (χ1) is 15.5. The number of hydrogen-bond donors (Lipinski definition) is 1. The first-order valence-corrected chi connectivity index (χ1v) is 11.2. The molecule has 4 rings (SSSR count). The Labute approximate surface area is 196 Å². The topological polar surface area (TPSA) is 85.2 Å². The highest BCUT2D eigenvalue weighted by Crippen LogP contribution is 2.28. The number of aromatic nitrogens is 4. The smallest absolute Gasteiger partial charge is 0.291 e. The Morgan fingerprint density at radius 2 is 2.03 bits per heavy atom. The van der Waals surface area contributed by atoms with Crippen molar-refractivity contribution in [3.05, 3.63) is 63.8 Å². The van der Waals surface area contributed by atoms with Crippen molar-refractivity contribution < 1.29 is 9.53 Å². The summed E-state index contributed by atoms with van der Waals surface area (Å²) in [5.74, 6) is 1.17. The molecule has 1 aliphatic heterocycles. The first-order valence-electron chi connectivity index (χ1n) is 10.5. The lowest BCUT2D eigenvalue weighted by Gasteiger charge is -2.32. The van der Waals surface area contributed by atoms with Crippen molar-refractivity contribution in [2.75, 3.05) is 24.6 Å². The van der Waals surface area contributed by atoms with E-state index in [0.29, 0.717) is 41.1 Å². The predicted octanol–water partition coefficient (Wildman–Crippen LogP) is 3.69. The van der Waals surface area contributed by atoms with Gasteiger partial charge in [-0.2, -0.15) is 0 Å². The van der Waals surface area contributed by atoms with Crippen LogP contribution < -0.4 is 10.2 Å². The molecule has 2 aromatic heterocycles. The van der Waals surface area contributed by atoms with Crippen LogP contribution in [0.15, 0.2) is 36.5 Å². The molecule has 1 N–H and O–H groups in total. The predicted molar refractivity (Wildman–Crippen MR) is 124 cm³/mol. The normalized spacial score (nSPS) is 16.2. The number of nitrogens with one attached hydrogen (secondary N) is 1. The number of aryl methyl sites for hydroxylation is 1. The summed E-state index contributed by atoms with van der Waals surface area (Å²) in [7, 11) is 0. The zero-order chi connectivity index (χ0) is 22.7. The average molecular weight is 475 g/mol. The van der Waals surface area contributed by atoms with Gasteiger partial charge in [0, 0.05) is 32.3 Å². The summed E-state index contributed by atoms with van der Waals surface area (Å²) in [6.07, 6.45) is 2.52. The van der Waals surface area contributed by atoms with Crippen molar-refractivity contribution in [3.63, 3.8) is 0 Å². The second kappa shape index (κ2) is 9.85. The van der Waals surface area contributed by atoms with Crippen LogP contribution in [0.25, 0.3) is 5.69 Å². The van der Waals surface area contributed by atoms with Crippen LogP contribution in [0.3, 0.4) is 0 Å². The summed E-state index contributed by atoms with van der Waals surface area (Å²) in [6, 6.07) is 9.11. The third-order valence-electron chi connectivity index (χ3n) is 5.17. The number of ether oxygens (including phenoxy) is 1. The maximum Gasteiger partial charge on any atom is 0.291 e. The lowest BCUT2D eigenvalue weighted by molar-refractivity contribution is 0.0529. The van der Waals surface area contributed by atoms with Crippen LogP contribution in [0.2, 0.25) is 10.0 Å². The van der Waals surface area contributed by atoms with Crippen molar-refractivity contribution in [1.29, 1.82) is 0 Å². The molecule has 1 saturated heterocycles. The Bertz CT molecular complexity index is 1080. The number of pyridine rings is 1. The number of carbonyl (C=O) groups excluding carboxylic acids is 1. The largest absolute Gasteiger partial charge is 0.375 e. The summed E-state index contributed by atoms with van der Waals surface area (Å²) in [5, 5.41) is 8.08. The minimum atomic E-state index is -0.382. The number of benzene rings is 1. The Morgan fingerprint density at radius 3 is 2.69 bits per heavy atom. The fourth-order valence-electron chi connectivity index (χ4n) is 3.54. The van der Waals surface area contributed by atoms with Crippen molar-refractivity contribution in [1.82, 2.24) is 25.1 Å². The highest BCUT2D eigenvalue weighted by Gasteiger charge is 2.20. The van der Waals surface area contributed by atoms with E-state index in [1.165, 1.54) is 4.68 Å². The van der Waals surface area contributed by atoms with E-state index in [1.54, 1.807) is 24.4 Å². The van der Waals surface area contributed by atoms with Gasteiger partial charge >= 0.3 is 0 Å². The summed E-state index contributed by atoms with van der Waals surface area (Å²) >= 11 is 12.6. The van der Waals surface area contributed by atoms with Crippen molar-refractivity contribution in [2.24, 2.45) is 0 Å². The van der Waals surface area contributed by atoms with Gasteiger partial charge in [-0.3, -0.25) is 4.79 Å². The van der Waals surface area contributed by atoms with Crippen LogP contribution >= 0.6 is 23.2 Å². The van der Waals surface area contributed by atoms with Crippen LogP contribution in [0.5, 0.6) is 0 Å². The van der Waals surface area contributed by atoms with Crippen molar-refractivity contribution in [2.45, 2.75) is 32.9 Å². The highest BCUT2D eigenvalue weighted by molar-refractivity contribution is 6.37. The van der Waals surface area contributed by atoms with Crippen molar-refractivity contribution in [3.8, 4) is 5.69 Å². The van der Waals surface area contributed by atoms with Gasteiger partial charge in [0.2, 0.25) is 5.82 Å². The number of nitrogens with zero attached hydrogens (tertiary/aromatic N) is 5. The maximum atomic E-state index is 12.7. The SMILES string of the molecule is CCc1nc(C(=O)NCc2ccc(N3CCOC(C)C3)nc2)nn1-c1c(Cl)cccc1Cl. The minimum Gasteiger partial charge on any atom is -0.375 e. The molecular formula is C22H24Cl2N6O2. The van der Waals surface area contributed by atoms with E-state index in [4.69, 9.17) is 27.9 Å². The molecule has 10 heteroatoms. The number of halogens is 2. The third-order valence-corrected chi connectivity index (χ3v) is 5.78. The lowest BCUT2D eigenvalue weighted by atomic mass is 10.2. The summed E-state index contributed by atoms with van der Waals surface area (Å²) < 4.78 is 7.10. The van der Waals surface area contributed by atoms with E-state index < -0.39 is 0 Å². The average Bonchev–Trinajstić information content (AvgIpc) is 3.22. The molecular weight excluding hydrogens is 451 g/mol. The molecule has 0 spiro atoms.